The van der Waals surface area contributed by atoms with Gasteiger partial charge in [0.1, 0.15) is 5.65 Å². The van der Waals surface area contributed by atoms with Crippen LogP contribution in [-0.2, 0) is 11.3 Å². The number of halogens is 2. The Morgan fingerprint density at radius 3 is 2.87 bits per heavy atom. The minimum atomic E-state index is 0. The van der Waals surface area contributed by atoms with Gasteiger partial charge in [-0.3, -0.25) is 4.79 Å². The number of pyridine rings is 1. The topological polar surface area (TPSA) is 72.4 Å². The minimum Gasteiger partial charge on any atom is -0.350 e. The van der Waals surface area contributed by atoms with Gasteiger partial charge in [0.25, 0.3) is 0 Å². The number of amides is 1. The predicted molar refractivity (Wildman–Crippen MR) is 96.2 cm³/mol. The molecule has 0 saturated heterocycles. The average molecular weight is 359 g/mol. The van der Waals surface area contributed by atoms with E-state index in [9.17, 15) is 4.79 Å². The summed E-state index contributed by atoms with van der Waals surface area (Å²) in [5.41, 5.74) is 8.88. The number of hydrogen-bond acceptors (Lipinski definition) is 3. The molecule has 128 valence electrons. The molecule has 0 spiro atoms. The number of nitrogens with one attached hydrogen (secondary N) is 1. The maximum atomic E-state index is 12.2. The second kappa shape index (κ2) is 8.52. The van der Waals surface area contributed by atoms with Crippen LogP contribution in [-0.4, -0.2) is 21.3 Å². The summed E-state index contributed by atoms with van der Waals surface area (Å²) >= 11 is 0. The number of rotatable bonds is 3. The molecule has 1 fully saturated rings. The summed E-state index contributed by atoms with van der Waals surface area (Å²) in [5, 5.41) is 3.00. The highest BCUT2D eigenvalue weighted by molar-refractivity contribution is 5.85. The van der Waals surface area contributed by atoms with E-state index in [0.29, 0.717) is 6.54 Å². The zero-order chi connectivity index (χ0) is 14.8. The van der Waals surface area contributed by atoms with E-state index in [1.54, 1.807) is 0 Å². The van der Waals surface area contributed by atoms with Crippen molar-refractivity contribution in [1.29, 1.82) is 0 Å². The lowest BCUT2D eigenvalue weighted by Crippen LogP contribution is -2.37. The van der Waals surface area contributed by atoms with Crippen molar-refractivity contribution < 1.29 is 4.79 Å². The molecule has 2 heterocycles. The first kappa shape index (κ1) is 19.7. The van der Waals surface area contributed by atoms with E-state index in [-0.39, 0.29) is 42.7 Å². The Bertz CT molecular complexity index is 659. The van der Waals surface area contributed by atoms with Crippen LogP contribution in [0.25, 0.3) is 5.65 Å². The van der Waals surface area contributed by atoms with E-state index in [2.05, 4.69) is 10.3 Å². The van der Waals surface area contributed by atoms with Gasteiger partial charge in [-0.15, -0.1) is 24.8 Å². The van der Waals surface area contributed by atoms with E-state index in [4.69, 9.17) is 5.73 Å². The Morgan fingerprint density at radius 1 is 1.39 bits per heavy atom. The lowest BCUT2D eigenvalue weighted by Gasteiger charge is -2.25. The second-order valence-electron chi connectivity index (χ2n) is 5.97. The number of nitrogens with two attached hydrogens (primary N) is 1. The van der Waals surface area contributed by atoms with Gasteiger partial charge >= 0.3 is 0 Å². The van der Waals surface area contributed by atoms with Gasteiger partial charge in [-0.1, -0.05) is 12.5 Å². The van der Waals surface area contributed by atoms with Crippen molar-refractivity contribution in [2.24, 2.45) is 11.7 Å². The molecule has 23 heavy (non-hydrogen) atoms. The van der Waals surface area contributed by atoms with Crippen molar-refractivity contribution in [3.05, 3.63) is 35.8 Å². The van der Waals surface area contributed by atoms with E-state index < -0.39 is 0 Å². The fourth-order valence-corrected chi connectivity index (χ4v) is 3.07. The lowest BCUT2D eigenvalue weighted by molar-refractivity contribution is -0.126. The predicted octanol–water partition coefficient (Wildman–Crippen LogP) is 2.62. The van der Waals surface area contributed by atoms with Gasteiger partial charge in [0, 0.05) is 23.9 Å². The summed E-state index contributed by atoms with van der Waals surface area (Å²) in [6, 6.07) is 6.18. The summed E-state index contributed by atoms with van der Waals surface area (Å²) in [6.45, 7) is 2.52. The quantitative estimate of drug-likeness (QED) is 0.885. The number of aromatic nitrogens is 2. The largest absolute Gasteiger partial charge is 0.350 e. The van der Waals surface area contributed by atoms with Crippen LogP contribution in [0.2, 0.25) is 0 Å². The number of nitrogens with zero attached hydrogens (tertiary/aromatic N) is 2. The summed E-state index contributed by atoms with van der Waals surface area (Å²) < 4.78 is 2.04. The molecule has 5 nitrogen and oxygen atoms in total. The second-order valence-corrected chi connectivity index (χ2v) is 5.97. The van der Waals surface area contributed by atoms with E-state index in [1.165, 1.54) is 0 Å². The number of hydrogen-bond donors (Lipinski definition) is 2. The van der Waals surface area contributed by atoms with Crippen molar-refractivity contribution in [3.63, 3.8) is 0 Å². The molecular formula is C16H24Cl2N4O. The molecule has 2 unspecified atom stereocenters. The van der Waals surface area contributed by atoms with Crippen LogP contribution in [0.15, 0.2) is 24.4 Å². The van der Waals surface area contributed by atoms with Gasteiger partial charge in [0.2, 0.25) is 5.91 Å². The first-order valence-electron chi connectivity index (χ1n) is 7.60. The molecule has 7 heteroatoms. The summed E-state index contributed by atoms with van der Waals surface area (Å²) in [6.07, 6.45) is 5.82. The van der Waals surface area contributed by atoms with Gasteiger partial charge in [0.05, 0.1) is 12.2 Å². The number of imidazole rings is 1. The number of carbonyl (C=O) groups excluding carboxylic acids is 1. The highest BCUT2D eigenvalue weighted by Crippen LogP contribution is 2.23. The fourth-order valence-electron chi connectivity index (χ4n) is 3.07. The van der Waals surface area contributed by atoms with E-state index in [1.807, 2.05) is 35.7 Å². The van der Waals surface area contributed by atoms with Gasteiger partial charge < -0.3 is 15.5 Å². The Hall–Kier alpha value is -1.30. The van der Waals surface area contributed by atoms with Crippen LogP contribution in [0.1, 0.15) is 37.1 Å². The molecule has 1 aliphatic carbocycles. The summed E-state index contributed by atoms with van der Waals surface area (Å²) in [4.78, 5) is 16.7. The normalized spacial score (nSPS) is 20.4. The van der Waals surface area contributed by atoms with Crippen molar-refractivity contribution in [2.75, 3.05) is 0 Å². The van der Waals surface area contributed by atoms with Crippen molar-refractivity contribution >= 4 is 36.4 Å². The maximum Gasteiger partial charge on any atom is 0.223 e. The Balaban J connectivity index is 0.00000132. The molecule has 2 aromatic heterocycles. The third-order valence-electron chi connectivity index (χ3n) is 4.28. The van der Waals surface area contributed by atoms with Crippen molar-refractivity contribution in [2.45, 2.75) is 45.2 Å². The molecule has 0 aliphatic heterocycles. The van der Waals surface area contributed by atoms with Gasteiger partial charge in [0.15, 0.2) is 0 Å². The van der Waals surface area contributed by atoms with Crippen LogP contribution >= 0.6 is 24.8 Å². The van der Waals surface area contributed by atoms with Crippen molar-refractivity contribution in [1.82, 2.24) is 14.7 Å². The first-order valence-corrected chi connectivity index (χ1v) is 7.60. The van der Waals surface area contributed by atoms with E-state index >= 15 is 0 Å². The van der Waals surface area contributed by atoms with Crippen LogP contribution in [0.5, 0.6) is 0 Å². The number of carbonyl (C=O) groups is 1. The molecule has 2 aromatic rings. The third kappa shape index (κ3) is 4.59. The van der Waals surface area contributed by atoms with Crippen LogP contribution < -0.4 is 11.1 Å². The minimum absolute atomic E-state index is 0. The SMILES string of the molecule is Cc1cccc2nc(CNC(=O)C3CCCC(N)C3)cn12.Cl.Cl. The Kier molecular flexibility index (Phi) is 7.32. The Labute approximate surface area is 148 Å². The third-order valence-corrected chi connectivity index (χ3v) is 4.28. The monoisotopic (exact) mass is 358 g/mol. The maximum absolute atomic E-state index is 12.2. The molecule has 0 aromatic carbocycles. The molecule has 3 N–H and O–H groups in total. The molecule has 3 rings (SSSR count). The standard InChI is InChI=1S/C16H22N4O.2ClH/c1-11-4-2-7-15-19-14(10-20(11)15)9-18-16(21)12-5-3-6-13(17)8-12;;/h2,4,7,10,12-13H,3,5-6,8-9,17H2,1H3,(H,18,21);2*1H. The van der Waals surface area contributed by atoms with Crippen LogP contribution in [0.4, 0.5) is 0 Å². The molecule has 0 bridgehead atoms. The lowest BCUT2D eigenvalue weighted by atomic mass is 9.85. The summed E-state index contributed by atoms with van der Waals surface area (Å²) in [7, 11) is 0. The zero-order valence-electron chi connectivity index (χ0n) is 13.2. The van der Waals surface area contributed by atoms with Crippen LogP contribution in [0, 0.1) is 12.8 Å². The van der Waals surface area contributed by atoms with Crippen LogP contribution in [0.3, 0.4) is 0 Å². The number of aryl methyl sites for hydroxylation is 1. The smallest absolute Gasteiger partial charge is 0.223 e. The van der Waals surface area contributed by atoms with Gasteiger partial charge in [-0.25, -0.2) is 4.98 Å². The molecule has 1 aliphatic rings. The molecule has 1 amide bonds. The zero-order valence-corrected chi connectivity index (χ0v) is 14.8. The van der Waals surface area contributed by atoms with Gasteiger partial charge in [-0.2, -0.15) is 0 Å². The van der Waals surface area contributed by atoms with E-state index in [0.717, 1.165) is 42.7 Å². The molecule has 0 radical (unpaired) electrons. The molecular weight excluding hydrogens is 335 g/mol. The number of fused-ring (bicyclic) bond motifs is 1. The highest BCUT2D eigenvalue weighted by atomic mass is 35.5. The fraction of sp³-hybridized carbons (Fsp3) is 0.500. The van der Waals surface area contributed by atoms with Gasteiger partial charge in [-0.05, 0) is 38.3 Å². The van der Waals surface area contributed by atoms with Crippen molar-refractivity contribution in [3.8, 4) is 0 Å². The Morgan fingerprint density at radius 2 is 2.17 bits per heavy atom. The molecule has 1 saturated carbocycles. The molecule has 2 atom stereocenters. The first-order chi connectivity index (χ1) is 10.1. The highest BCUT2D eigenvalue weighted by Gasteiger charge is 2.25. The summed E-state index contributed by atoms with van der Waals surface area (Å²) in [5.74, 6) is 0.173. The average Bonchev–Trinajstić information content (AvgIpc) is 2.89.